The highest BCUT2D eigenvalue weighted by molar-refractivity contribution is 5.95. The van der Waals surface area contributed by atoms with Gasteiger partial charge in [-0.25, -0.2) is 10.3 Å². The third-order valence-electron chi connectivity index (χ3n) is 8.42. The number of piperazine rings is 1. The van der Waals surface area contributed by atoms with Gasteiger partial charge in [0.15, 0.2) is 6.29 Å². The molecule has 230 valence electrons. The van der Waals surface area contributed by atoms with Crippen LogP contribution in [0.25, 0.3) is 10.9 Å². The topological polar surface area (TPSA) is 102 Å². The lowest BCUT2D eigenvalue weighted by Crippen LogP contribution is -2.58. The number of hydrogen-bond acceptors (Lipinski definition) is 6. The predicted octanol–water partition coefficient (Wildman–Crippen LogP) is 4.42. The van der Waals surface area contributed by atoms with E-state index in [0.29, 0.717) is 31.8 Å². The Kier molecular flexibility index (Phi) is 9.67. The molecule has 5 rings (SSSR count). The molecule has 2 saturated heterocycles. The largest absolute Gasteiger partial charge is 0.497 e. The summed E-state index contributed by atoms with van der Waals surface area (Å²) in [4.78, 5) is 48.0. The first-order valence-corrected chi connectivity index (χ1v) is 15.3. The molecule has 1 aromatic heterocycles. The Balaban J connectivity index is 1.42. The van der Waals surface area contributed by atoms with Crippen molar-refractivity contribution < 1.29 is 28.7 Å². The Labute approximate surface area is 252 Å². The predicted molar refractivity (Wildman–Crippen MR) is 162 cm³/mol. The fourth-order valence-electron chi connectivity index (χ4n) is 6.06. The van der Waals surface area contributed by atoms with Gasteiger partial charge in [0, 0.05) is 48.3 Å². The summed E-state index contributed by atoms with van der Waals surface area (Å²) in [6, 6.07) is 12.9. The first-order valence-electron chi connectivity index (χ1n) is 15.3. The van der Waals surface area contributed by atoms with E-state index in [1.807, 2.05) is 44.2 Å². The second-order valence-electron chi connectivity index (χ2n) is 11.2. The number of methoxy groups -OCH3 is 1. The molecule has 2 unspecified atom stereocenters. The van der Waals surface area contributed by atoms with Crippen molar-refractivity contribution in [3.05, 3.63) is 64.8 Å². The first-order chi connectivity index (χ1) is 20.8. The molecule has 0 bridgehead atoms. The molecule has 2 fully saturated rings. The molecule has 0 saturated carbocycles. The van der Waals surface area contributed by atoms with E-state index in [1.165, 1.54) is 0 Å². The van der Waals surface area contributed by atoms with Crippen LogP contribution in [0, 0.1) is 0 Å². The van der Waals surface area contributed by atoms with Gasteiger partial charge in [0.2, 0.25) is 11.8 Å². The third kappa shape index (κ3) is 6.55. The lowest BCUT2D eigenvalue weighted by atomic mass is 10.1. The summed E-state index contributed by atoms with van der Waals surface area (Å²) >= 11 is 0. The average molecular weight is 591 g/mol. The van der Waals surface area contributed by atoms with Gasteiger partial charge in [0.25, 0.3) is 5.91 Å². The molecule has 2 aromatic carbocycles. The fraction of sp³-hybridized carbons (Fsp3) is 0.485. The molecular formula is C33H42N4O6. The quantitative estimate of drug-likeness (QED) is 0.332. The molecule has 43 heavy (non-hydrogen) atoms. The minimum atomic E-state index is -0.544. The van der Waals surface area contributed by atoms with Crippen molar-refractivity contribution in [2.24, 2.45) is 0 Å². The molecule has 0 radical (unpaired) electrons. The summed E-state index contributed by atoms with van der Waals surface area (Å²) in [6.07, 6.45) is 3.92. The number of benzene rings is 2. The van der Waals surface area contributed by atoms with Crippen LogP contribution in [0.5, 0.6) is 5.75 Å². The molecule has 1 N–H and O–H groups in total. The standard InChI is InChI=1S/C33H42N4O6/c1-5-16-35-21-30(38)36(22(3)33(35)40)20-29-26(6-2)27-18-25(41-4)14-15-28(27)37(29)19-23-10-12-24(13-11-23)32(39)34-43-31-9-7-8-17-42-31/h10-15,18,22,31H,5-9,16-17,19-21H2,1-4H3,(H,34,39). The number of carbonyl (C=O) groups excluding carboxylic acids is 3. The van der Waals surface area contributed by atoms with Crippen LogP contribution in [-0.2, 0) is 38.7 Å². The maximum absolute atomic E-state index is 13.3. The summed E-state index contributed by atoms with van der Waals surface area (Å²) in [5.74, 6) is 0.368. The van der Waals surface area contributed by atoms with Gasteiger partial charge in [-0.2, -0.15) is 0 Å². The van der Waals surface area contributed by atoms with E-state index >= 15 is 0 Å². The molecule has 3 heterocycles. The average Bonchev–Trinajstić information content (AvgIpc) is 3.32. The number of aromatic nitrogens is 1. The zero-order valence-electron chi connectivity index (χ0n) is 25.6. The van der Waals surface area contributed by atoms with Crippen molar-refractivity contribution in [3.8, 4) is 5.75 Å². The minimum Gasteiger partial charge on any atom is -0.497 e. The van der Waals surface area contributed by atoms with Crippen LogP contribution in [0.1, 0.15) is 73.6 Å². The van der Waals surface area contributed by atoms with Crippen molar-refractivity contribution in [2.75, 3.05) is 26.8 Å². The van der Waals surface area contributed by atoms with Gasteiger partial charge in [0.1, 0.15) is 11.8 Å². The minimum absolute atomic E-state index is 0.0169. The summed E-state index contributed by atoms with van der Waals surface area (Å²) in [5, 5.41) is 1.06. The van der Waals surface area contributed by atoms with Crippen LogP contribution in [0.4, 0.5) is 0 Å². The van der Waals surface area contributed by atoms with Crippen LogP contribution in [-0.4, -0.2) is 71.2 Å². The highest BCUT2D eigenvalue weighted by atomic mass is 16.8. The molecule has 10 nitrogen and oxygen atoms in total. The van der Waals surface area contributed by atoms with Crippen molar-refractivity contribution >= 4 is 28.6 Å². The van der Waals surface area contributed by atoms with E-state index in [0.717, 1.165) is 65.6 Å². The second kappa shape index (κ2) is 13.6. The van der Waals surface area contributed by atoms with Gasteiger partial charge in [-0.1, -0.05) is 26.0 Å². The maximum Gasteiger partial charge on any atom is 0.274 e. The highest BCUT2D eigenvalue weighted by Gasteiger charge is 2.37. The number of carbonyl (C=O) groups is 3. The summed E-state index contributed by atoms with van der Waals surface area (Å²) in [5.41, 5.74) is 7.12. The normalized spacial score (nSPS) is 19.3. The van der Waals surface area contributed by atoms with E-state index in [-0.39, 0.29) is 24.3 Å². The number of ether oxygens (including phenoxy) is 2. The first kappa shape index (κ1) is 30.6. The Hall–Kier alpha value is -3.89. The number of nitrogens with one attached hydrogen (secondary N) is 1. The van der Waals surface area contributed by atoms with Crippen molar-refractivity contribution in [1.29, 1.82) is 0 Å². The molecule has 2 aliphatic rings. The summed E-state index contributed by atoms with van der Waals surface area (Å²) in [7, 11) is 1.65. The molecule has 3 aromatic rings. The number of rotatable bonds is 11. The number of aryl methyl sites for hydroxylation is 1. The molecular weight excluding hydrogens is 548 g/mol. The molecule has 3 amide bonds. The Bertz CT molecular complexity index is 1460. The zero-order valence-corrected chi connectivity index (χ0v) is 25.6. The molecule has 0 aliphatic carbocycles. The van der Waals surface area contributed by atoms with Crippen molar-refractivity contribution in [2.45, 2.75) is 78.3 Å². The molecule has 0 spiro atoms. The van der Waals surface area contributed by atoms with Gasteiger partial charge in [-0.3, -0.25) is 14.4 Å². The fourth-order valence-corrected chi connectivity index (χ4v) is 6.06. The molecule has 2 atom stereocenters. The van der Waals surface area contributed by atoms with Gasteiger partial charge in [-0.05, 0) is 74.1 Å². The summed E-state index contributed by atoms with van der Waals surface area (Å²) in [6.45, 7) is 8.10. The van der Waals surface area contributed by atoms with E-state index in [4.69, 9.17) is 14.3 Å². The van der Waals surface area contributed by atoms with Gasteiger partial charge >= 0.3 is 0 Å². The smallest absolute Gasteiger partial charge is 0.274 e. The van der Waals surface area contributed by atoms with E-state index in [1.54, 1.807) is 29.0 Å². The zero-order chi connectivity index (χ0) is 30.5. The van der Waals surface area contributed by atoms with Crippen LogP contribution < -0.4 is 10.2 Å². The monoisotopic (exact) mass is 590 g/mol. The molecule has 10 heteroatoms. The summed E-state index contributed by atoms with van der Waals surface area (Å²) < 4.78 is 13.3. The highest BCUT2D eigenvalue weighted by Crippen LogP contribution is 2.33. The Morgan fingerprint density at radius 2 is 1.86 bits per heavy atom. The van der Waals surface area contributed by atoms with Gasteiger partial charge in [0.05, 0.1) is 20.2 Å². The van der Waals surface area contributed by atoms with E-state index in [2.05, 4.69) is 17.0 Å². The second-order valence-corrected chi connectivity index (χ2v) is 11.2. The van der Waals surface area contributed by atoms with Gasteiger partial charge < -0.3 is 23.8 Å². The SMILES string of the molecule is CCCN1CC(=O)N(Cc2c(CC)c3cc(OC)ccc3n2Cc2ccc(C(=O)NOC3CCCCO3)cc2)C(C)C1=O. The number of nitrogens with zero attached hydrogens (tertiary/aromatic N) is 3. The van der Waals surface area contributed by atoms with Crippen LogP contribution in [0.2, 0.25) is 0 Å². The van der Waals surface area contributed by atoms with Gasteiger partial charge in [-0.15, -0.1) is 0 Å². The van der Waals surface area contributed by atoms with Crippen LogP contribution >= 0.6 is 0 Å². The lowest BCUT2D eigenvalue weighted by Gasteiger charge is -2.39. The van der Waals surface area contributed by atoms with E-state index < -0.39 is 12.3 Å². The van der Waals surface area contributed by atoms with Crippen LogP contribution in [0.3, 0.4) is 0 Å². The maximum atomic E-state index is 13.3. The Morgan fingerprint density at radius 1 is 1.07 bits per heavy atom. The van der Waals surface area contributed by atoms with Crippen molar-refractivity contribution in [1.82, 2.24) is 19.8 Å². The third-order valence-corrected chi connectivity index (χ3v) is 8.42. The van der Waals surface area contributed by atoms with Crippen LogP contribution in [0.15, 0.2) is 42.5 Å². The number of hydrogen-bond donors (Lipinski definition) is 1. The number of fused-ring (bicyclic) bond motifs is 1. The lowest BCUT2D eigenvalue weighted by molar-refractivity contribution is -0.186. The van der Waals surface area contributed by atoms with Crippen molar-refractivity contribution in [3.63, 3.8) is 0 Å². The van der Waals surface area contributed by atoms with E-state index in [9.17, 15) is 14.4 Å². The Morgan fingerprint density at radius 3 is 2.53 bits per heavy atom. The number of amides is 3. The number of hydroxylamine groups is 1. The molecule has 2 aliphatic heterocycles.